The summed E-state index contributed by atoms with van der Waals surface area (Å²) < 4.78 is 5.28. The zero-order valence-corrected chi connectivity index (χ0v) is 12.0. The van der Waals surface area contributed by atoms with Gasteiger partial charge in [-0.05, 0) is 37.1 Å². The van der Waals surface area contributed by atoms with Crippen LogP contribution in [-0.4, -0.2) is 23.3 Å². The van der Waals surface area contributed by atoms with E-state index >= 15 is 0 Å². The van der Waals surface area contributed by atoms with E-state index in [4.69, 9.17) is 4.74 Å². The summed E-state index contributed by atoms with van der Waals surface area (Å²) in [6, 6.07) is 12.1. The van der Waals surface area contributed by atoms with Crippen molar-refractivity contribution in [2.45, 2.75) is 19.3 Å². The molecule has 2 rings (SSSR count). The molecule has 0 aliphatic heterocycles. The maximum absolute atomic E-state index is 11.6. The number of carboxylic acids is 1. The fourth-order valence-corrected chi connectivity index (χ4v) is 2.32. The van der Waals surface area contributed by atoms with E-state index in [9.17, 15) is 15.0 Å². The van der Waals surface area contributed by atoms with Crippen molar-refractivity contribution in [2.75, 3.05) is 7.11 Å². The highest BCUT2D eigenvalue weighted by atomic mass is 16.5. The lowest BCUT2D eigenvalue weighted by atomic mass is 9.90. The molecule has 0 bridgehead atoms. The highest BCUT2D eigenvalue weighted by Crippen LogP contribution is 2.31. The van der Waals surface area contributed by atoms with Gasteiger partial charge in [0.05, 0.1) is 13.0 Å². The SMILES string of the molecule is COc1ccc(C)cc1C(Cc1ccc(O)cc1)C(=O)O. The average Bonchev–Trinajstić information content (AvgIpc) is 2.46. The summed E-state index contributed by atoms with van der Waals surface area (Å²) in [5.74, 6) is -0.845. The van der Waals surface area contributed by atoms with Crippen LogP contribution >= 0.6 is 0 Å². The van der Waals surface area contributed by atoms with Crippen LogP contribution < -0.4 is 4.74 Å². The van der Waals surface area contributed by atoms with E-state index in [-0.39, 0.29) is 5.75 Å². The van der Waals surface area contributed by atoms with Crippen LogP contribution in [0.15, 0.2) is 42.5 Å². The monoisotopic (exact) mass is 286 g/mol. The Morgan fingerprint density at radius 1 is 1.19 bits per heavy atom. The Kier molecular flexibility index (Phi) is 4.48. The molecule has 0 radical (unpaired) electrons. The minimum absolute atomic E-state index is 0.166. The maximum atomic E-state index is 11.6. The van der Waals surface area contributed by atoms with Crippen molar-refractivity contribution < 1.29 is 19.7 Å². The van der Waals surface area contributed by atoms with E-state index in [0.29, 0.717) is 17.7 Å². The highest BCUT2D eigenvalue weighted by Gasteiger charge is 2.24. The van der Waals surface area contributed by atoms with Gasteiger partial charge in [0.15, 0.2) is 0 Å². The topological polar surface area (TPSA) is 66.8 Å². The van der Waals surface area contributed by atoms with E-state index in [1.54, 1.807) is 30.3 Å². The number of aliphatic carboxylic acids is 1. The zero-order valence-electron chi connectivity index (χ0n) is 12.0. The van der Waals surface area contributed by atoms with E-state index < -0.39 is 11.9 Å². The second-order valence-electron chi connectivity index (χ2n) is 5.01. The summed E-state index contributed by atoms with van der Waals surface area (Å²) in [5.41, 5.74) is 2.50. The van der Waals surface area contributed by atoms with Crippen molar-refractivity contribution >= 4 is 5.97 Å². The van der Waals surface area contributed by atoms with Crippen LogP contribution in [0.1, 0.15) is 22.6 Å². The second kappa shape index (κ2) is 6.31. The Labute approximate surface area is 123 Å². The smallest absolute Gasteiger partial charge is 0.311 e. The maximum Gasteiger partial charge on any atom is 0.311 e. The zero-order chi connectivity index (χ0) is 15.4. The first-order valence-corrected chi connectivity index (χ1v) is 6.66. The molecule has 0 spiro atoms. The molecular formula is C17H18O4. The number of ether oxygens (including phenoxy) is 1. The largest absolute Gasteiger partial charge is 0.508 e. The number of phenolic OH excluding ortho intramolecular Hbond substituents is 1. The lowest BCUT2D eigenvalue weighted by molar-refractivity contribution is -0.138. The van der Waals surface area contributed by atoms with Crippen LogP contribution in [0.5, 0.6) is 11.5 Å². The highest BCUT2D eigenvalue weighted by molar-refractivity contribution is 5.77. The van der Waals surface area contributed by atoms with Gasteiger partial charge in [-0.1, -0.05) is 29.8 Å². The van der Waals surface area contributed by atoms with Gasteiger partial charge in [-0.15, -0.1) is 0 Å². The number of aryl methyl sites for hydroxylation is 1. The lowest BCUT2D eigenvalue weighted by Crippen LogP contribution is -2.15. The summed E-state index contributed by atoms with van der Waals surface area (Å²) in [6.45, 7) is 1.92. The third-order valence-corrected chi connectivity index (χ3v) is 3.43. The Morgan fingerprint density at radius 3 is 2.43 bits per heavy atom. The fraction of sp³-hybridized carbons (Fsp3) is 0.235. The molecule has 0 fully saturated rings. The number of methoxy groups -OCH3 is 1. The minimum Gasteiger partial charge on any atom is -0.508 e. The molecule has 0 aliphatic carbocycles. The first-order valence-electron chi connectivity index (χ1n) is 6.66. The molecule has 110 valence electrons. The number of benzene rings is 2. The molecule has 0 aliphatic rings. The van der Waals surface area contributed by atoms with Gasteiger partial charge in [-0.25, -0.2) is 0 Å². The second-order valence-corrected chi connectivity index (χ2v) is 5.01. The number of hydrogen-bond donors (Lipinski definition) is 2. The van der Waals surface area contributed by atoms with Crippen LogP contribution in [-0.2, 0) is 11.2 Å². The average molecular weight is 286 g/mol. The Hall–Kier alpha value is -2.49. The molecular weight excluding hydrogens is 268 g/mol. The van der Waals surface area contributed by atoms with Crippen molar-refractivity contribution in [3.8, 4) is 11.5 Å². The van der Waals surface area contributed by atoms with Crippen LogP contribution in [0.2, 0.25) is 0 Å². The number of hydrogen-bond acceptors (Lipinski definition) is 3. The third kappa shape index (κ3) is 3.54. The minimum atomic E-state index is -0.896. The summed E-state index contributed by atoms with van der Waals surface area (Å²) in [7, 11) is 1.54. The molecule has 2 N–H and O–H groups in total. The quantitative estimate of drug-likeness (QED) is 0.886. The molecule has 0 saturated carbocycles. The normalized spacial score (nSPS) is 11.9. The molecule has 0 heterocycles. The first kappa shape index (κ1) is 14.9. The fourth-order valence-electron chi connectivity index (χ4n) is 2.32. The molecule has 0 saturated heterocycles. The predicted octanol–water partition coefficient (Wildman–Crippen LogP) is 3.12. The van der Waals surface area contributed by atoms with Crippen LogP contribution in [0.3, 0.4) is 0 Å². The summed E-state index contributed by atoms with van der Waals surface area (Å²) >= 11 is 0. The van der Waals surface area contributed by atoms with Crippen molar-refractivity contribution in [3.05, 3.63) is 59.2 Å². The van der Waals surface area contributed by atoms with E-state index in [0.717, 1.165) is 11.1 Å². The molecule has 0 amide bonds. The van der Waals surface area contributed by atoms with E-state index in [1.165, 1.54) is 7.11 Å². The number of phenols is 1. The van der Waals surface area contributed by atoms with Gasteiger partial charge in [0.25, 0.3) is 0 Å². The Balaban J connectivity index is 2.37. The molecule has 4 nitrogen and oxygen atoms in total. The van der Waals surface area contributed by atoms with Crippen LogP contribution in [0, 0.1) is 6.92 Å². The van der Waals surface area contributed by atoms with Crippen molar-refractivity contribution in [1.82, 2.24) is 0 Å². The van der Waals surface area contributed by atoms with Gasteiger partial charge in [-0.2, -0.15) is 0 Å². The molecule has 4 heteroatoms. The van der Waals surface area contributed by atoms with Gasteiger partial charge >= 0.3 is 5.97 Å². The van der Waals surface area contributed by atoms with Crippen molar-refractivity contribution in [3.63, 3.8) is 0 Å². The number of carboxylic acid groups (broad SMARTS) is 1. The summed E-state index contributed by atoms with van der Waals surface area (Å²) in [4.78, 5) is 11.6. The standard InChI is InChI=1S/C17H18O4/c1-11-3-8-16(21-2)14(9-11)15(17(19)20)10-12-4-6-13(18)7-5-12/h3-9,15,18H,10H2,1-2H3,(H,19,20). The van der Waals surface area contributed by atoms with Crippen molar-refractivity contribution in [2.24, 2.45) is 0 Å². The number of carbonyl (C=O) groups is 1. The molecule has 1 unspecified atom stereocenters. The first-order chi connectivity index (χ1) is 10.0. The van der Waals surface area contributed by atoms with Crippen LogP contribution in [0.4, 0.5) is 0 Å². The lowest BCUT2D eigenvalue weighted by Gasteiger charge is -2.17. The van der Waals surface area contributed by atoms with Crippen molar-refractivity contribution in [1.29, 1.82) is 0 Å². The number of aromatic hydroxyl groups is 1. The molecule has 21 heavy (non-hydrogen) atoms. The van der Waals surface area contributed by atoms with Gasteiger partial charge in [0.2, 0.25) is 0 Å². The molecule has 1 atom stereocenters. The summed E-state index contributed by atoms with van der Waals surface area (Å²) in [5, 5.41) is 18.8. The Bertz CT molecular complexity index is 632. The van der Waals surface area contributed by atoms with Crippen LogP contribution in [0.25, 0.3) is 0 Å². The molecule has 2 aromatic rings. The van der Waals surface area contributed by atoms with E-state index in [2.05, 4.69) is 0 Å². The number of rotatable bonds is 5. The van der Waals surface area contributed by atoms with Gasteiger partial charge in [0.1, 0.15) is 11.5 Å². The van der Waals surface area contributed by atoms with E-state index in [1.807, 2.05) is 19.1 Å². The molecule has 2 aromatic carbocycles. The molecule has 0 aromatic heterocycles. The third-order valence-electron chi connectivity index (χ3n) is 3.43. The van der Waals surface area contributed by atoms with Gasteiger partial charge < -0.3 is 14.9 Å². The summed E-state index contributed by atoms with van der Waals surface area (Å²) in [6.07, 6.45) is 0.343. The van der Waals surface area contributed by atoms with Gasteiger partial charge in [-0.3, -0.25) is 4.79 Å². The predicted molar refractivity (Wildman–Crippen MR) is 79.9 cm³/mol. The van der Waals surface area contributed by atoms with Gasteiger partial charge in [0, 0.05) is 5.56 Å². The Morgan fingerprint density at radius 2 is 1.86 bits per heavy atom.